The number of H-pyrrole nitrogens is 1. The number of morpholine rings is 1. The summed E-state index contributed by atoms with van der Waals surface area (Å²) in [7, 11) is 0. The maximum Gasteiger partial charge on any atom is 0.252 e. The van der Waals surface area contributed by atoms with Gasteiger partial charge in [-0.25, -0.2) is 4.98 Å². The maximum atomic E-state index is 12.9. The molecule has 1 aliphatic heterocycles. The van der Waals surface area contributed by atoms with E-state index >= 15 is 0 Å². The van der Waals surface area contributed by atoms with E-state index in [9.17, 15) is 4.79 Å². The molecular formula is C21H23N5O2. The number of nitrogens with zero attached hydrogens (tertiary/aromatic N) is 3. The van der Waals surface area contributed by atoms with E-state index in [4.69, 9.17) is 4.74 Å². The molecule has 144 valence electrons. The molecule has 28 heavy (non-hydrogen) atoms. The molecule has 2 N–H and O–H groups in total. The molecule has 1 fully saturated rings. The van der Waals surface area contributed by atoms with Crippen molar-refractivity contribution in [2.75, 3.05) is 31.2 Å². The van der Waals surface area contributed by atoms with E-state index in [1.807, 2.05) is 61.5 Å². The number of nitrogens with one attached hydrogen (secondary N) is 2. The van der Waals surface area contributed by atoms with Crippen LogP contribution >= 0.6 is 0 Å². The topological polar surface area (TPSA) is 83.1 Å². The highest BCUT2D eigenvalue weighted by atomic mass is 16.5. The molecule has 0 radical (unpaired) electrons. The van der Waals surface area contributed by atoms with Gasteiger partial charge in [-0.15, -0.1) is 0 Å². The molecule has 0 saturated carbocycles. The summed E-state index contributed by atoms with van der Waals surface area (Å²) in [6.45, 7) is 5.04. The molecule has 0 bridgehead atoms. The summed E-state index contributed by atoms with van der Waals surface area (Å²) >= 11 is 0. The van der Waals surface area contributed by atoms with Gasteiger partial charge in [0, 0.05) is 24.3 Å². The number of benzene rings is 2. The molecule has 7 nitrogen and oxygen atoms in total. The summed E-state index contributed by atoms with van der Waals surface area (Å²) in [6.07, 6.45) is 0. The van der Waals surface area contributed by atoms with Crippen LogP contribution in [0.5, 0.6) is 0 Å². The third-order valence-corrected chi connectivity index (χ3v) is 4.79. The van der Waals surface area contributed by atoms with E-state index in [0.29, 0.717) is 17.2 Å². The van der Waals surface area contributed by atoms with Gasteiger partial charge in [0.2, 0.25) is 0 Å². The fraction of sp³-hybridized carbons (Fsp3) is 0.286. The first kappa shape index (κ1) is 18.2. The summed E-state index contributed by atoms with van der Waals surface area (Å²) in [4.78, 5) is 19.6. The third kappa shape index (κ3) is 4.04. The fourth-order valence-electron chi connectivity index (χ4n) is 3.29. The Balaban J connectivity index is 1.52. The number of carbonyl (C=O) groups excluding carboxylic acids is 1. The lowest BCUT2D eigenvalue weighted by molar-refractivity contribution is 0.0941. The van der Waals surface area contributed by atoms with Crippen LogP contribution in [0.15, 0.2) is 54.6 Å². The van der Waals surface area contributed by atoms with Crippen molar-refractivity contribution >= 4 is 11.6 Å². The number of anilines is 1. The van der Waals surface area contributed by atoms with Crippen molar-refractivity contribution in [1.29, 1.82) is 0 Å². The highest BCUT2D eigenvalue weighted by Gasteiger charge is 2.21. The summed E-state index contributed by atoms with van der Waals surface area (Å²) < 4.78 is 5.39. The quantitative estimate of drug-likeness (QED) is 0.714. The SMILES string of the molecule is Cc1nc(C(NC(=O)c2ccc(N3CCOCC3)cc2)c2ccccc2)n[nH]1. The monoisotopic (exact) mass is 377 g/mol. The Labute approximate surface area is 163 Å². The van der Waals surface area contributed by atoms with Crippen molar-refractivity contribution in [1.82, 2.24) is 20.5 Å². The predicted octanol–water partition coefficient (Wildman–Crippen LogP) is 2.47. The summed E-state index contributed by atoms with van der Waals surface area (Å²) in [5.74, 6) is 1.09. The van der Waals surface area contributed by atoms with Gasteiger partial charge in [-0.2, -0.15) is 5.10 Å². The number of rotatable bonds is 5. The fourth-order valence-corrected chi connectivity index (χ4v) is 3.29. The number of hydrogen-bond acceptors (Lipinski definition) is 5. The first-order valence-corrected chi connectivity index (χ1v) is 9.38. The highest BCUT2D eigenvalue weighted by Crippen LogP contribution is 2.21. The molecule has 1 amide bonds. The minimum atomic E-state index is -0.419. The Bertz CT molecular complexity index is 917. The molecule has 0 aliphatic carbocycles. The Morgan fingerprint density at radius 1 is 1.11 bits per heavy atom. The Hall–Kier alpha value is -3.19. The number of carbonyl (C=O) groups is 1. The third-order valence-electron chi connectivity index (χ3n) is 4.79. The number of aromatic nitrogens is 3. The van der Waals surface area contributed by atoms with E-state index in [-0.39, 0.29) is 5.91 Å². The summed E-state index contributed by atoms with van der Waals surface area (Å²) in [5.41, 5.74) is 2.63. The van der Waals surface area contributed by atoms with Crippen molar-refractivity contribution in [3.05, 3.63) is 77.4 Å². The Morgan fingerprint density at radius 2 is 1.82 bits per heavy atom. The summed E-state index contributed by atoms with van der Waals surface area (Å²) in [5, 5.41) is 10.2. The zero-order valence-corrected chi connectivity index (χ0v) is 15.8. The molecule has 1 atom stereocenters. The van der Waals surface area contributed by atoms with Crippen molar-refractivity contribution < 1.29 is 9.53 Å². The van der Waals surface area contributed by atoms with Gasteiger partial charge in [0.25, 0.3) is 5.91 Å². The van der Waals surface area contributed by atoms with E-state index in [2.05, 4.69) is 25.4 Å². The van der Waals surface area contributed by atoms with Crippen molar-refractivity contribution in [3.63, 3.8) is 0 Å². The molecule has 1 aromatic heterocycles. The molecule has 4 rings (SSSR count). The van der Waals surface area contributed by atoms with Gasteiger partial charge < -0.3 is 15.0 Å². The van der Waals surface area contributed by atoms with E-state index in [1.165, 1.54) is 0 Å². The van der Waals surface area contributed by atoms with E-state index in [1.54, 1.807) is 0 Å². The second-order valence-electron chi connectivity index (χ2n) is 6.74. The molecule has 1 unspecified atom stereocenters. The minimum Gasteiger partial charge on any atom is -0.378 e. The van der Waals surface area contributed by atoms with Crippen LogP contribution in [-0.4, -0.2) is 47.4 Å². The molecule has 0 spiro atoms. The molecule has 2 aromatic carbocycles. The van der Waals surface area contributed by atoms with Crippen LogP contribution in [0.1, 0.15) is 33.6 Å². The first-order valence-electron chi connectivity index (χ1n) is 9.38. The van der Waals surface area contributed by atoms with E-state index < -0.39 is 6.04 Å². The number of hydrogen-bond donors (Lipinski definition) is 2. The van der Waals surface area contributed by atoms with Crippen molar-refractivity contribution in [2.24, 2.45) is 0 Å². The van der Waals surface area contributed by atoms with Gasteiger partial charge in [-0.3, -0.25) is 9.89 Å². The molecule has 1 saturated heterocycles. The minimum absolute atomic E-state index is 0.162. The zero-order chi connectivity index (χ0) is 19.3. The lowest BCUT2D eigenvalue weighted by atomic mass is 10.1. The van der Waals surface area contributed by atoms with Gasteiger partial charge in [-0.05, 0) is 36.8 Å². The van der Waals surface area contributed by atoms with Crippen molar-refractivity contribution in [2.45, 2.75) is 13.0 Å². The van der Waals surface area contributed by atoms with Crippen LogP contribution < -0.4 is 10.2 Å². The molecule has 1 aliphatic rings. The Morgan fingerprint density at radius 3 is 2.46 bits per heavy atom. The smallest absolute Gasteiger partial charge is 0.252 e. The zero-order valence-electron chi connectivity index (χ0n) is 15.8. The second-order valence-corrected chi connectivity index (χ2v) is 6.74. The number of ether oxygens (including phenoxy) is 1. The van der Waals surface area contributed by atoms with Gasteiger partial charge in [0.1, 0.15) is 11.9 Å². The van der Waals surface area contributed by atoms with E-state index in [0.717, 1.165) is 37.6 Å². The van der Waals surface area contributed by atoms with Gasteiger partial charge in [0.15, 0.2) is 5.82 Å². The molecule has 2 heterocycles. The van der Waals surface area contributed by atoms with Crippen LogP contribution in [0.3, 0.4) is 0 Å². The standard InChI is InChI=1S/C21H23N5O2/c1-15-22-20(25-24-15)19(16-5-3-2-4-6-16)23-21(27)17-7-9-18(10-8-17)26-11-13-28-14-12-26/h2-10,19H,11-14H2,1H3,(H,23,27)(H,22,24,25). The predicted molar refractivity (Wildman–Crippen MR) is 106 cm³/mol. The first-order chi connectivity index (χ1) is 13.7. The number of aromatic amines is 1. The van der Waals surface area contributed by atoms with Crippen molar-refractivity contribution in [3.8, 4) is 0 Å². The largest absolute Gasteiger partial charge is 0.378 e. The summed E-state index contributed by atoms with van der Waals surface area (Å²) in [6, 6.07) is 17.0. The molecule has 7 heteroatoms. The van der Waals surface area contributed by atoms with Gasteiger partial charge in [0.05, 0.1) is 13.2 Å². The number of aryl methyl sites for hydroxylation is 1. The average Bonchev–Trinajstić information content (AvgIpc) is 3.19. The highest BCUT2D eigenvalue weighted by molar-refractivity contribution is 5.95. The van der Waals surface area contributed by atoms with Gasteiger partial charge in [-0.1, -0.05) is 30.3 Å². The van der Waals surface area contributed by atoms with Crippen LogP contribution in [-0.2, 0) is 4.74 Å². The molecular weight excluding hydrogens is 354 g/mol. The number of amides is 1. The lowest BCUT2D eigenvalue weighted by Gasteiger charge is -2.28. The average molecular weight is 377 g/mol. The maximum absolute atomic E-state index is 12.9. The Kier molecular flexibility index (Phi) is 5.34. The second kappa shape index (κ2) is 8.22. The van der Waals surface area contributed by atoms with Crippen LogP contribution in [0.4, 0.5) is 5.69 Å². The lowest BCUT2D eigenvalue weighted by Crippen LogP contribution is -2.36. The normalized spacial score (nSPS) is 15.2. The van der Waals surface area contributed by atoms with Crippen LogP contribution in [0, 0.1) is 6.92 Å². The van der Waals surface area contributed by atoms with Gasteiger partial charge >= 0.3 is 0 Å². The van der Waals surface area contributed by atoms with Crippen LogP contribution in [0.25, 0.3) is 0 Å². The van der Waals surface area contributed by atoms with Crippen LogP contribution in [0.2, 0.25) is 0 Å². The molecule has 3 aromatic rings.